The number of nitrogens with zero attached hydrogens (tertiary/aromatic N) is 2. The van der Waals surface area contributed by atoms with Crippen molar-refractivity contribution < 1.29 is 4.79 Å². The Hall–Kier alpha value is -2.06. The van der Waals surface area contributed by atoms with E-state index >= 15 is 0 Å². The van der Waals surface area contributed by atoms with Gasteiger partial charge in [-0.1, -0.05) is 6.07 Å². The average Bonchev–Trinajstić information content (AvgIpc) is 2.95. The molecule has 1 aromatic rings. The number of urea groups is 1. The number of nitriles is 1. The molecule has 0 spiro atoms. The lowest BCUT2D eigenvalue weighted by Crippen LogP contribution is -2.32. The highest BCUT2D eigenvalue weighted by atomic mass is 16.2. The maximum atomic E-state index is 11.4. The molecule has 5 heteroatoms. The molecule has 1 heterocycles. The molecule has 0 bridgehead atoms. The van der Waals surface area contributed by atoms with Gasteiger partial charge in [-0.15, -0.1) is 0 Å². The second kappa shape index (κ2) is 6.80. The third-order valence-corrected chi connectivity index (χ3v) is 4.78. The van der Waals surface area contributed by atoms with E-state index in [-0.39, 0.29) is 0 Å². The number of carbonyl (C=O) groups is 1. The number of carbonyl (C=O) groups excluding carboxylic acids is 1. The maximum Gasteiger partial charge on any atom is 0.332 e. The van der Waals surface area contributed by atoms with E-state index in [4.69, 9.17) is 5.26 Å². The molecule has 22 heavy (non-hydrogen) atoms. The van der Waals surface area contributed by atoms with Gasteiger partial charge < -0.3 is 10.2 Å². The first-order chi connectivity index (χ1) is 10.8. The van der Waals surface area contributed by atoms with Gasteiger partial charge in [0.05, 0.1) is 0 Å². The lowest BCUT2D eigenvalue weighted by molar-refractivity contribution is 0.222. The van der Waals surface area contributed by atoms with E-state index in [2.05, 4.69) is 27.7 Å². The summed E-state index contributed by atoms with van der Waals surface area (Å²) in [6, 6.07) is 6.31. The number of aryl methyl sites for hydroxylation is 2. The summed E-state index contributed by atoms with van der Waals surface area (Å²) in [5, 5.41) is 13.2. The van der Waals surface area contributed by atoms with Crippen LogP contribution in [0.5, 0.6) is 0 Å². The highest BCUT2D eigenvalue weighted by Crippen LogP contribution is 2.27. The van der Waals surface area contributed by atoms with Gasteiger partial charge in [0.2, 0.25) is 0 Å². The van der Waals surface area contributed by atoms with Crippen molar-refractivity contribution in [2.24, 2.45) is 0 Å². The molecule has 1 aliphatic heterocycles. The van der Waals surface area contributed by atoms with Crippen LogP contribution in [0.15, 0.2) is 18.2 Å². The molecule has 5 nitrogen and oxygen atoms in total. The number of fused-ring (bicyclic) bond motifs is 1. The SMILES string of the molecule is N#CNC(=O)Nc1ccc2c(c1)CCC(N1CCCC1)CC2. The van der Waals surface area contributed by atoms with Crippen molar-refractivity contribution in [3.05, 3.63) is 29.3 Å². The summed E-state index contributed by atoms with van der Waals surface area (Å²) in [6.45, 7) is 2.50. The largest absolute Gasteiger partial charge is 0.332 e. The molecular formula is C17H22N4O. The van der Waals surface area contributed by atoms with Crippen molar-refractivity contribution in [3.63, 3.8) is 0 Å². The van der Waals surface area contributed by atoms with Gasteiger partial charge in [0.25, 0.3) is 0 Å². The van der Waals surface area contributed by atoms with Gasteiger partial charge in [0.15, 0.2) is 6.19 Å². The van der Waals surface area contributed by atoms with Gasteiger partial charge >= 0.3 is 6.03 Å². The van der Waals surface area contributed by atoms with Crippen molar-refractivity contribution in [2.75, 3.05) is 18.4 Å². The summed E-state index contributed by atoms with van der Waals surface area (Å²) in [7, 11) is 0. The first-order valence-electron chi connectivity index (χ1n) is 8.08. The van der Waals surface area contributed by atoms with Crippen molar-refractivity contribution in [1.29, 1.82) is 5.26 Å². The normalized spacial score (nSPS) is 21.5. The van der Waals surface area contributed by atoms with Crippen LogP contribution in [0.1, 0.15) is 36.8 Å². The summed E-state index contributed by atoms with van der Waals surface area (Å²) in [6.07, 6.45) is 8.91. The molecule has 3 rings (SSSR count). The molecule has 1 atom stereocenters. The molecule has 0 aromatic heterocycles. The summed E-state index contributed by atoms with van der Waals surface area (Å²) >= 11 is 0. The summed E-state index contributed by atoms with van der Waals surface area (Å²) in [5.74, 6) is 0. The van der Waals surface area contributed by atoms with E-state index in [1.54, 1.807) is 6.19 Å². The first kappa shape index (κ1) is 14.9. The minimum atomic E-state index is -0.481. The van der Waals surface area contributed by atoms with Crippen LogP contribution in [-0.2, 0) is 12.8 Å². The molecule has 1 aliphatic carbocycles. The first-order valence-corrected chi connectivity index (χ1v) is 8.08. The topological polar surface area (TPSA) is 68.2 Å². The lowest BCUT2D eigenvalue weighted by atomic mass is 10.0. The Balaban J connectivity index is 1.67. The van der Waals surface area contributed by atoms with E-state index in [1.165, 1.54) is 49.9 Å². The fourth-order valence-electron chi connectivity index (χ4n) is 3.65. The standard InChI is InChI=1S/C17H22N4O/c18-12-19-17(22)20-15-6-3-13-4-7-16(8-5-14(13)11-15)21-9-1-2-10-21/h3,6,11,16H,1-2,4-5,7-10H2,(H2,19,20,22). The van der Waals surface area contributed by atoms with Crippen LogP contribution < -0.4 is 10.6 Å². The number of hydrogen-bond acceptors (Lipinski definition) is 3. The van der Waals surface area contributed by atoms with Gasteiger partial charge in [0.1, 0.15) is 0 Å². The quantitative estimate of drug-likeness (QED) is 0.501. The molecule has 0 saturated carbocycles. The number of rotatable bonds is 2. The van der Waals surface area contributed by atoms with Crippen molar-refractivity contribution in [3.8, 4) is 6.19 Å². The summed E-state index contributed by atoms with van der Waals surface area (Å²) in [4.78, 5) is 14.1. The molecule has 116 valence electrons. The number of hydrogen-bond donors (Lipinski definition) is 2. The van der Waals surface area contributed by atoms with Crippen LogP contribution in [0.4, 0.5) is 10.5 Å². The van der Waals surface area contributed by atoms with Gasteiger partial charge in [-0.3, -0.25) is 0 Å². The Bertz CT molecular complexity index is 587. The van der Waals surface area contributed by atoms with Gasteiger partial charge in [-0.2, -0.15) is 5.26 Å². The second-order valence-electron chi connectivity index (χ2n) is 6.15. The third-order valence-electron chi connectivity index (χ3n) is 4.78. The second-order valence-corrected chi connectivity index (χ2v) is 6.15. The van der Waals surface area contributed by atoms with E-state index in [9.17, 15) is 4.79 Å². The highest BCUT2D eigenvalue weighted by molar-refractivity contribution is 5.90. The van der Waals surface area contributed by atoms with Crippen LogP contribution in [0.2, 0.25) is 0 Å². The van der Waals surface area contributed by atoms with E-state index < -0.39 is 6.03 Å². The Morgan fingerprint density at radius 2 is 1.91 bits per heavy atom. The van der Waals surface area contributed by atoms with Crippen LogP contribution in [0, 0.1) is 11.5 Å². The molecule has 1 aromatic carbocycles. The molecule has 1 saturated heterocycles. The molecule has 2 aliphatic rings. The van der Waals surface area contributed by atoms with Crippen LogP contribution in [0.25, 0.3) is 0 Å². The van der Waals surface area contributed by atoms with Crippen molar-refractivity contribution >= 4 is 11.7 Å². The number of amides is 2. The van der Waals surface area contributed by atoms with E-state index in [0.717, 1.165) is 18.5 Å². The van der Waals surface area contributed by atoms with Crippen molar-refractivity contribution in [2.45, 2.75) is 44.6 Å². The molecule has 1 fully saturated rings. The Morgan fingerprint density at radius 3 is 2.64 bits per heavy atom. The van der Waals surface area contributed by atoms with Gasteiger partial charge in [-0.25, -0.2) is 10.1 Å². The molecule has 2 N–H and O–H groups in total. The Kier molecular flexibility index (Phi) is 4.59. The van der Waals surface area contributed by atoms with E-state index in [0.29, 0.717) is 6.04 Å². The maximum absolute atomic E-state index is 11.4. The molecule has 0 radical (unpaired) electrons. The van der Waals surface area contributed by atoms with E-state index in [1.807, 2.05) is 6.07 Å². The van der Waals surface area contributed by atoms with Crippen molar-refractivity contribution in [1.82, 2.24) is 10.2 Å². The number of benzene rings is 1. The van der Waals surface area contributed by atoms with Gasteiger partial charge in [-0.05, 0) is 74.9 Å². The summed E-state index contributed by atoms with van der Waals surface area (Å²) in [5.41, 5.74) is 3.48. The number of likely N-dealkylation sites (tertiary alicyclic amines) is 1. The average molecular weight is 298 g/mol. The monoisotopic (exact) mass is 298 g/mol. The molecule has 2 amide bonds. The fraction of sp³-hybridized carbons (Fsp3) is 0.529. The predicted octanol–water partition coefficient (Wildman–Crippen LogP) is 2.63. The minimum absolute atomic E-state index is 0.481. The van der Waals surface area contributed by atoms with Gasteiger partial charge in [0, 0.05) is 11.7 Å². The number of nitrogens with one attached hydrogen (secondary N) is 2. The fourth-order valence-corrected chi connectivity index (χ4v) is 3.65. The smallest absolute Gasteiger partial charge is 0.307 e. The highest BCUT2D eigenvalue weighted by Gasteiger charge is 2.24. The molecular weight excluding hydrogens is 276 g/mol. The zero-order chi connectivity index (χ0) is 15.4. The van der Waals surface area contributed by atoms with Crippen LogP contribution >= 0.6 is 0 Å². The Morgan fingerprint density at radius 1 is 1.18 bits per heavy atom. The molecule has 1 unspecified atom stereocenters. The predicted molar refractivity (Wildman–Crippen MR) is 85.4 cm³/mol. The lowest BCUT2D eigenvalue weighted by Gasteiger charge is -2.25. The number of anilines is 1. The zero-order valence-electron chi connectivity index (χ0n) is 12.8. The Labute approximate surface area is 131 Å². The minimum Gasteiger partial charge on any atom is -0.307 e. The van der Waals surface area contributed by atoms with Crippen LogP contribution in [0.3, 0.4) is 0 Å². The summed E-state index contributed by atoms with van der Waals surface area (Å²) < 4.78 is 0. The zero-order valence-corrected chi connectivity index (χ0v) is 12.8. The third kappa shape index (κ3) is 3.40. The van der Waals surface area contributed by atoms with Crippen LogP contribution in [-0.4, -0.2) is 30.1 Å².